The topological polar surface area (TPSA) is 138 Å². The summed E-state index contributed by atoms with van der Waals surface area (Å²) in [5.74, 6) is 1.06. The van der Waals surface area contributed by atoms with E-state index in [1.54, 1.807) is 17.0 Å². The Bertz CT molecular complexity index is 1740. The van der Waals surface area contributed by atoms with Crippen LogP contribution in [0, 0.1) is 5.82 Å². The molecule has 3 N–H and O–H groups in total. The first-order valence-electron chi connectivity index (χ1n) is 16.4. The molecule has 2 aliphatic heterocycles. The van der Waals surface area contributed by atoms with E-state index in [4.69, 9.17) is 14.6 Å². The number of rotatable bonds is 13. The van der Waals surface area contributed by atoms with Gasteiger partial charge >= 0.3 is 12.2 Å². The Morgan fingerprint density at radius 3 is 2.42 bits per heavy atom. The summed E-state index contributed by atoms with van der Waals surface area (Å²) in [6.45, 7) is 5.26. The molecular formula is C35H41FN4O7S. The minimum Gasteiger partial charge on any atom is -0.494 e. The number of likely N-dealkylation sites (tertiary alicyclic amines) is 1. The van der Waals surface area contributed by atoms with Crippen molar-refractivity contribution >= 4 is 27.9 Å². The van der Waals surface area contributed by atoms with Crippen LogP contribution in [0.2, 0.25) is 0 Å². The molecule has 0 bridgehead atoms. The second-order valence-corrected chi connectivity index (χ2v) is 14.4. The molecule has 2 heterocycles. The number of piperidine rings is 1. The summed E-state index contributed by atoms with van der Waals surface area (Å²) in [7, 11) is -3.79. The van der Waals surface area contributed by atoms with Gasteiger partial charge < -0.3 is 19.9 Å². The fourth-order valence-corrected chi connectivity index (χ4v) is 7.56. The minimum atomic E-state index is -3.79. The molecule has 3 aromatic rings. The van der Waals surface area contributed by atoms with E-state index < -0.39 is 27.8 Å². The average Bonchev–Trinajstić information content (AvgIpc) is 3.86. The smallest absolute Gasteiger partial charge is 0.415 e. The van der Waals surface area contributed by atoms with E-state index in [9.17, 15) is 22.4 Å². The lowest BCUT2D eigenvalue weighted by molar-refractivity contribution is -0.00112. The molecule has 6 rings (SSSR count). The van der Waals surface area contributed by atoms with Crippen LogP contribution in [0.5, 0.6) is 5.75 Å². The van der Waals surface area contributed by atoms with Gasteiger partial charge in [-0.3, -0.25) is 9.80 Å². The van der Waals surface area contributed by atoms with E-state index >= 15 is 0 Å². The molecule has 2 saturated heterocycles. The third-order valence-electron chi connectivity index (χ3n) is 9.22. The van der Waals surface area contributed by atoms with Crippen molar-refractivity contribution in [3.8, 4) is 16.9 Å². The van der Waals surface area contributed by atoms with Crippen molar-refractivity contribution in [2.75, 3.05) is 44.2 Å². The summed E-state index contributed by atoms with van der Waals surface area (Å²) in [6.07, 6.45) is 2.29. The number of anilines is 1. The molecular weight excluding hydrogens is 639 g/mol. The van der Waals surface area contributed by atoms with Gasteiger partial charge in [0.1, 0.15) is 17.2 Å². The van der Waals surface area contributed by atoms with Crippen LogP contribution in [0.15, 0.2) is 65.6 Å². The molecule has 1 saturated carbocycles. The van der Waals surface area contributed by atoms with E-state index in [0.717, 1.165) is 48.4 Å². The van der Waals surface area contributed by atoms with Gasteiger partial charge in [0.05, 0.1) is 18.0 Å². The number of nitrogens with one attached hydrogen (secondary N) is 2. The first kappa shape index (κ1) is 33.7. The Balaban J connectivity index is 1.08. The Hall–Kier alpha value is -4.20. The molecule has 3 aromatic carbocycles. The Labute approximate surface area is 280 Å². The fourth-order valence-electron chi connectivity index (χ4n) is 6.49. The van der Waals surface area contributed by atoms with Crippen LogP contribution in [-0.4, -0.2) is 75.5 Å². The number of ether oxygens (including phenoxy) is 2. The van der Waals surface area contributed by atoms with E-state index in [0.29, 0.717) is 50.6 Å². The van der Waals surface area contributed by atoms with Gasteiger partial charge in [0.25, 0.3) is 0 Å². The highest BCUT2D eigenvalue weighted by Gasteiger charge is 2.47. The molecule has 0 aromatic heterocycles. The lowest BCUT2D eigenvalue weighted by atomic mass is 9.90. The monoisotopic (exact) mass is 680 g/mol. The summed E-state index contributed by atoms with van der Waals surface area (Å²) in [5.41, 5.74) is 4.39. The maximum atomic E-state index is 13.7. The van der Waals surface area contributed by atoms with Crippen molar-refractivity contribution in [2.45, 2.75) is 62.0 Å². The molecule has 1 spiro atoms. The highest BCUT2D eigenvalue weighted by Crippen LogP contribution is 2.47. The SMILES string of the molecule is CCOc1cc(-c2ccc(F)cc2)c(C2CC2)cc1CN1CCC2(CC1)CN(c1ccc(S(=O)(=O)NCCCNC(=O)O)cc1)C(=O)O2. The van der Waals surface area contributed by atoms with Crippen LogP contribution in [0.25, 0.3) is 11.1 Å². The van der Waals surface area contributed by atoms with Crippen LogP contribution >= 0.6 is 0 Å². The Morgan fingerprint density at radius 1 is 1.06 bits per heavy atom. The minimum absolute atomic E-state index is 0.0509. The van der Waals surface area contributed by atoms with Gasteiger partial charge in [-0.1, -0.05) is 12.1 Å². The summed E-state index contributed by atoms with van der Waals surface area (Å²) in [4.78, 5) is 27.5. The van der Waals surface area contributed by atoms with Crippen LogP contribution in [0.4, 0.5) is 19.7 Å². The molecule has 3 aliphatic rings. The highest BCUT2D eigenvalue weighted by atomic mass is 32.2. The first-order chi connectivity index (χ1) is 23.1. The lowest BCUT2D eigenvalue weighted by Gasteiger charge is -2.37. The number of carboxylic acid groups (broad SMARTS) is 1. The zero-order valence-corrected chi connectivity index (χ0v) is 27.7. The molecule has 11 nitrogen and oxygen atoms in total. The van der Waals surface area contributed by atoms with Crippen molar-refractivity contribution in [1.82, 2.24) is 14.9 Å². The summed E-state index contributed by atoms with van der Waals surface area (Å²) < 4.78 is 53.5. The van der Waals surface area contributed by atoms with Gasteiger partial charge in [-0.15, -0.1) is 0 Å². The molecule has 256 valence electrons. The number of amides is 2. The van der Waals surface area contributed by atoms with E-state index in [-0.39, 0.29) is 23.8 Å². The lowest BCUT2D eigenvalue weighted by Crippen LogP contribution is -2.46. The summed E-state index contributed by atoms with van der Waals surface area (Å²) >= 11 is 0. The van der Waals surface area contributed by atoms with Crippen molar-refractivity contribution in [1.29, 1.82) is 0 Å². The number of hydrogen-bond donors (Lipinski definition) is 3. The van der Waals surface area contributed by atoms with Gasteiger partial charge in [-0.2, -0.15) is 0 Å². The van der Waals surface area contributed by atoms with Gasteiger partial charge in [-0.05, 0) is 97.3 Å². The molecule has 3 fully saturated rings. The number of nitrogens with zero attached hydrogens (tertiary/aromatic N) is 2. The van der Waals surface area contributed by atoms with E-state index in [1.165, 1.54) is 29.8 Å². The largest absolute Gasteiger partial charge is 0.494 e. The molecule has 0 atom stereocenters. The van der Waals surface area contributed by atoms with E-state index in [2.05, 4.69) is 27.1 Å². The van der Waals surface area contributed by atoms with Gasteiger partial charge in [-0.25, -0.2) is 27.1 Å². The average molecular weight is 681 g/mol. The number of halogens is 1. The van der Waals surface area contributed by atoms with Crippen molar-refractivity contribution in [3.05, 3.63) is 77.6 Å². The summed E-state index contributed by atoms with van der Waals surface area (Å²) in [5, 5.41) is 10.8. The molecule has 0 radical (unpaired) electrons. The third-order valence-corrected chi connectivity index (χ3v) is 10.7. The number of benzene rings is 3. The number of carbonyl (C=O) groups is 2. The molecule has 1 aliphatic carbocycles. The maximum absolute atomic E-state index is 13.7. The predicted molar refractivity (Wildman–Crippen MR) is 178 cm³/mol. The zero-order chi connectivity index (χ0) is 33.9. The number of hydrogen-bond acceptors (Lipinski definition) is 7. The summed E-state index contributed by atoms with van der Waals surface area (Å²) in [6, 6.07) is 17.1. The van der Waals surface area contributed by atoms with Gasteiger partial charge in [0.15, 0.2) is 0 Å². The number of carbonyl (C=O) groups excluding carboxylic acids is 1. The Morgan fingerprint density at radius 2 is 1.77 bits per heavy atom. The van der Waals surface area contributed by atoms with Gasteiger partial charge in [0.2, 0.25) is 10.0 Å². The molecule has 48 heavy (non-hydrogen) atoms. The fraction of sp³-hybridized carbons (Fsp3) is 0.429. The van der Waals surface area contributed by atoms with Crippen molar-refractivity contribution in [3.63, 3.8) is 0 Å². The Kier molecular flexibility index (Phi) is 9.90. The second-order valence-electron chi connectivity index (χ2n) is 12.7. The third kappa shape index (κ3) is 7.74. The molecule has 2 amide bonds. The predicted octanol–water partition coefficient (Wildman–Crippen LogP) is 5.70. The number of sulfonamides is 1. The second kappa shape index (κ2) is 14.1. The first-order valence-corrected chi connectivity index (χ1v) is 17.9. The molecule has 13 heteroatoms. The molecule has 0 unspecified atom stereocenters. The zero-order valence-electron chi connectivity index (χ0n) is 26.9. The highest BCUT2D eigenvalue weighted by molar-refractivity contribution is 7.89. The normalized spacial score (nSPS) is 17.8. The quantitative estimate of drug-likeness (QED) is 0.196. The van der Waals surface area contributed by atoms with Gasteiger partial charge in [0, 0.05) is 56.8 Å². The van der Waals surface area contributed by atoms with E-state index in [1.807, 2.05) is 19.1 Å². The van der Waals surface area contributed by atoms with Crippen molar-refractivity contribution < 1.29 is 37.0 Å². The maximum Gasteiger partial charge on any atom is 0.415 e. The van der Waals surface area contributed by atoms with Crippen LogP contribution in [0.3, 0.4) is 0 Å². The standard InChI is InChI=1S/C35H41FN4O7S/c1-2-46-32-21-31(25-6-8-27(36)9-7-25)30(24-4-5-24)20-26(32)22-39-18-14-35(15-19-39)23-40(34(43)47-35)28-10-12-29(13-11-28)48(44,45)38-17-3-16-37-33(41)42/h6-13,20-21,24,37-38H,2-5,14-19,22-23H2,1H3,(H,41,42). The van der Waals surface area contributed by atoms with Crippen LogP contribution < -0.4 is 19.7 Å². The van der Waals surface area contributed by atoms with Crippen LogP contribution in [0.1, 0.15) is 56.1 Å². The van der Waals surface area contributed by atoms with Crippen molar-refractivity contribution in [2.24, 2.45) is 0 Å². The van der Waals surface area contributed by atoms with Crippen LogP contribution in [-0.2, 0) is 21.3 Å².